The molecule has 0 aliphatic heterocycles. The Morgan fingerprint density at radius 3 is 2.22 bits per heavy atom. The molecule has 0 aromatic rings. The highest BCUT2D eigenvalue weighted by Crippen LogP contribution is 2.18. The molecule has 0 rings (SSSR count). The zero-order valence-electron chi connectivity index (χ0n) is 6.10. The van der Waals surface area contributed by atoms with Crippen LogP contribution in [0.3, 0.4) is 0 Å². The van der Waals surface area contributed by atoms with E-state index in [1.165, 1.54) is 6.92 Å². The number of carbonyl (C=O) groups excluding carboxylic acids is 1. The van der Waals surface area contributed by atoms with Crippen molar-refractivity contribution >= 4 is 15.2 Å². The molecule has 0 heterocycles. The van der Waals surface area contributed by atoms with Crippen LogP contribution in [0.4, 0.5) is 0 Å². The quantitative estimate of drug-likeness (QED) is 0.567. The van der Waals surface area contributed by atoms with Gasteiger partial charge in [0.15, 0.2) is 5.78 Å². The lowest BCUT2D eigenvalue weighted by Crippen LogP contribution is -2.32. The monoisotopic (exact) mass is 148 g/mol. The average Bonchev–Trinajstić information content (AvgIpc) is 1.86. The Kier molecular flexibility index (Phi) is 3.31. The van der Waals surface area contributed by atoms with Crippen LogP contribution < -0.4 is 0 Å². The number of Topliss-reactive ketones (excluding diaryl/α,β-unsaturated/α-hetero) is 1. The van der Waals surface area contributed by atoms with E-state index in [2.05, 4.69) is 9.47 Å². The first-order chi connectivity index (χ1) is 4.06. The van der Waals surface area contributed by atoms with Gasteiger partial charge in [0.25, 0.3) is 0 Å². The lowest BCUT2D eigenvalue weighted by atomic mass is 10.00. The zero-order valence-corrected chi connectivity index (χ0v) is 7.26. The Balaban J connectivity index is 4.09. The molecule has 0 aliphatic rings. The molecule has 0 aliphatic carbocycles. The van der Waals surface area contributed by atoms with E-state index in [-0.39, 0.29) is 5.78 Å². The summed E-state index contributed by atoms with van der Waals surface area (Å²) in [4.78, 5) is 10.8. The second-order valence-corrected chi connectivity index (χ2v) is 2.49. The molecule has 0 aromatic carbocycles. The fraction of sp³-hybridized carbons (Fsp3) is 0.833. The molecule has 0 saturated carbocycles. The van der Waals surface area contributed by atoms with Gasteiger partial charge in [-0.05, 0) is 20.3 Å². The number of hydrogen-bond acceptors (Lipinski definition) is 2. The minimum atomic E-state index is -0.593. The van der Waals surface area contributed by atoms with Gasteiger partial charge in [-0.1, -0.05) is 6.92 Å². The summed E-state index contributed by atoms with van der Waals surface area (Å²) in [6.07, 6.45) is 0.714. The molecule has 0 N–H and O–H groups in total. The van der Waals surface area contributed by atoms with E-state index < -0.39 is 5.60 Å². The third kappa shape index (κ3) is 2.04. The van der Waals surface area contributed by atoms with E-state index in [1.807, 2.05) is 6.92 Å². The van der Waals surface area contributed by atoms with Crippen LogP contribution in [0.25, 0.3) is 0 Å². The lowest BCUT2D eigenvalue weighted by Gasteiger charge is -2.21. The summed E-state index contributed by atoms with van der Waals surface area (Å²) in [5, 5.41) is 0. The standard InChI is InChI=1S/C6H13O2P/c1-4-6(3,8-9)5(2)7/h4,9H2,1-3H3. The smallest absolute Gasteiger partial charge is 0.161 e. The summed E-state index contributed by atoms with van der Waals surface area (Å²) >= 11 is 0. The van der Waals surface area contributed by atoms with Crippen molar-refractivity contribution in [2.45, 2.75) is 32.8 Å². The Bertz CT molecular complexity index is 108. The normalized spacial score (nSPS) is 16.9. The average molecular weight is 148 g/mol. The van der Waals surface area contributed by atoms with E-state index >= 15 is 0 Å². The SMILES string of the molecule is CCC(C)(OP)C(C)=O. The van der Waals surface area contributed by atoms with Gasteiger partial charge in [-0.3, -0.25) is 4.79 Å². The molecule has 0 spiro atoms. The molecule has 0 bridgehead atoms. The van der Waals surface area contributed by atoms with Gasteiger partial charge in [0.1, 0.15) is 5.60 Å². The fourth-order valence-electron chi connectivity index (χ4n) is 0.415. The van der Waals surface area contributed by atoms with Gasteiger partial charge in [-0.2, -0.15) is 0 Å². The molecule has 2 atom stereocenters. The van der Waals surface area contributed by atoms with Crippen LogP contribution in [0.15, 0.2) is 0 Å². The molecule has 0 fully saturated rings. The highest BCUT2D eigenvalue weighted by molar-refractivity contribution is 7.10. The van der Waals surface area contributed by atoms with Crippen LogP contribution in [-0.2, 0) is 9.32 Å². The summed E-state index contributed by atoms with van der Waals surface area (Å²) < 4.78 is 4.92. The predicted octanol–water partition coefficient (Wildman–Crippen LogP) is 1.55. The van der Waals surface area contributed by atoms with Crippen LogP contribution in [-0.4, -0.2) is 11.4 Å². The first kappa shape index (κ1) is 9.06. The zero-order chi connectivity index (χ0) is 7.49. The molecule has 2 nitrogen and oxygen atoms in total. The molecule has 0 aromatic heterocycles. The lowest BCUT2D eigenvalue weighted by molar-refractivity contribution is -0.130. The van der Waals surface area contributed by atoms with Gasteiger partial charge < -0.3 is 4.52 Å². The number of rotatable bonds is 3. The van der Waals surface area contributed by atoms with E-state index in [1.54, 1.807) is 6.92 Å². The molecular formula is C6H13O2P. The topological polar surface area (TPSA) is 26.3 Å². The van der Waals surface area contributed by atoms with Crippen LogP contribution >= 0.6 is 9.47 Å². The second kappa shape index (κ2) is 3.28. The molecular weight excluding hydrogens is 135 g/mol. The fourth-order valence-corrected chi connectivity index (χ4v) is 0.748. The van der Waals surface area contributed by atoms with Gasteiger partial charge >= 0.3 is 0 Å². The van der Waals surface area contributed by atoms with Crippen molar-refractivity contribution in [1.82, 2.24) is 0 Å². The Morgan fingerprint density at radius 2 is 2.22 bits per heavy atom. The third-order valence-corrected chi connectivity index (χ3v) is 2.20. The van der Waals surface area contributed by atoms with E-state index in [0.717, 1.165) is 0 Å². The first-order valence-corrected chi connectivity index (χ1v) is 3.43. The highest BCUT2D eigenvalue weighted by Gasteiger charge is 2.26. The second-order valence-electron chi connectivity index (χ2n) is 2.26. The maximum Gasteiger partial charge on any atom is 0.161 e. The molecule has 0 amide bonds. The van der Waals surface area contributed by atoms with Crippen LogP contribution in [0.1, 0.15) is 27.2 Å². The van der Waals surface area contributed by atoms with Crippen molar-refractivity contribution in [3.8, 4) is 0 Å². The first-order valence-electron chi connectivity index (χ1n) is 2.95. The van der Waals surface area contributed by atoms with Crippen molar-refractivity contribution in [3.05, 3.63) is 0 Å². The molecule has 0 radical (unpaired) electrons. The summed E-state index contributed by atoms with van der Waals surface area (Å²) in [7, 11) is 2.12. The Labute approximate surface area is 58.3 Å². The summed E-state index contributed by atoms with van der Waals surface area (Å²) in [6.45, 7) is 5.24. The minimum absolute atomic E-state index is 0.0694. The number of carbonyl (C=O) groups is 1. The van der Waals surface area contributed by atoms with Crippen molar-refractivity contribution in [2.75, 3.05) is 0 Å². The highest BCUT2D eigenvalue weighted by atomic mass is 31.0. The van der Waals surface area contributed by atoms with Crippen molar-refractivity contribution < 1.29 is 9.32 Å². The molecule has 9 heavy (non-hydrogen) atoms. The van der Waals surface area contributed by atoms with Crippen molar-refractivity contribution in [1.29, 1.82) is 0 Å². The van der Waals surface area contributed by atoms with E-state index in [4.69, 9.17) is 4.52 Å². The van der Waals surface area contributed by atoms with Crippen LogP contribution in [0, 0.1) is 0 Å². The van der Waals surface area contributed by atoms with Gasteiger partial charge in [0.2, 0.25) is 0 Å². The maximum atomic E-state index is 10.8. The Morgan fingerprint density at radius 1 is 1.78 bits per heavy atom. The Hall–Kier alpha value is 0.0600. The van der Waals surface area contributed by atoms with Gasteiger partial charge in [0, 0.05) is 9.47 Å². The van der Waals surface area contributed by atoms with E-state index in [9.17, 15) is 4.79 Å². The summed E-state index contributed by atoms with van der Waals surface area (Å²) in [5.41, 5.74) is -0.593. The van der Waals surface area contributed by atoms with Gasteiger partial charge in [0.05, 0.1) is 0 Å². The maximum absolute atomic E-state index is 10.8. The number of ketones is 1. The van der Waals surface area contributed by atoms with Gasteiger partial charge in [-0.15, -0.1) is 0 Å². The largest absolute Gasteiger partial charge is 0.352 e. The van der Waals surface area contributed by atoms with Crippen molar-refractivity contribution in [2.24, 2.45) is 0 Å². The van der Waals surface area contributed by atoms with Gasteiger partial charge in [-0.25, -0.2) is 0 Å². The molecule has 0 saturated heterocycles. The van der Waals surface area contributed by atoms with Crippen LogP contribution in [0.5, 0.6) is 0 Å². The van der Waals surface area contributed by atoms with Crippen LogP contribution in [0.2, 0.25) is 0 Å². The predicted molar refractivity (Wildman–Crippen MR) is 40.2 cm³/mol. The molecule has 54 valence electrons. The molecule has 2 unspecified atom stereocenters. The van der Waals surface area contributed by atoms with Crippen molar-refractivity contribution in [3.63, 3.8) is 0 Å². The molecule has 3 heteroatoms. The number of hydrogen-bond donors (Lipinski definition) is 0. The minimum Gasteiger partial charge on any atom is -0.352 e. The summed E-state index contributed by atoms with van der Waals surface area (Å²) in [5.74, 6) is 0.0694. The third-order valence-electron chi connectivity index (χ3n) is 1.68. The summed E-state index contributed by atoms with van der Waals surface area (Å²) in [6, 6.07) is 0. The van der Waals surface area contributed by atoms with E-state index in [0.29, 0.717) is 6.42 Å².